The standard InChI is InChI=1S/C17H23F2N5O/c1-2-14(25)23-9-11-24(12-10-23)16-15(20-7-8-21-16)22-13-3-5-17(18,19)6-4-13/h2,7-8,13H,1,3-6,9-12H2,(H,20,22). The molecule has 2 heterocycles. The fraction of sp³-hybridized carbons (Fsp3) is 0.588. The Hall–Kier alpha value is -2.25. The second-order valence-electron chi connectivity index (χ2n) is 6.52. The zero-order valence-electron chi connectivity index (χ0n) is 14.1. The average Bonchev–Trinajstić information content (AvgIpc) is 2.63. The number of piperazine rings is 1. The molecule has 0 bridgehead atoms. The van der Waals surface area contributed by atoms with Crippen LogP contribution < -0.4 is 10.2 Å². The van der Waals surface area contributed by atoms with Gasteiger partial charge >= 0.3 is 0 Å². The lowest BCUT2D eigenvalue weighted by molar-refractivity contribution is -0.126. The van der Waals surface area contributed by atoms with Crippen molar-refractivity contribution in [2.24, 2.45) is 0 Å². The van der Waals surface area contributed by atoms with Crippen LogP contribution in [0.2, 0.25) is 0 Å². The summed E-state index contributed by atoms with van der Waals surface area (Å²) >= 11 is 0. The van der Waals surface area contributed by atoms with Gasteiger partial charge in [0.2, 0.25) is 11.8 Å². The zero-order chi connectivity index (χ0) is 17.9. The predicted octanol–water partition coefficient (Wildman–Crippen LogP) is 2.30. The Morgan fingerprint density at radius 1 is 1.20 bits per heavy atom. The van der Waals surface area contributed by atoms with Gasteiger partial charge in [-0.2, -0.15) is 0 Å². The van der Waals surface area contributed by atoms with Gasteiger partial charge in [-0.1, -0.05) is 6.58 Å². The van der Waals surface area contributed by atoms with Crippen LogP contribution in [0.15, 0.2) is 25.0 Å². The molecule has 1 aliphatic carbocycles. The summed E-state index contributed by atoms with van der Waals surface area (Å²) in [4.78, 5) is 24.3. The summed E-state index contributed by atoms with van der Waals surface area (Å²) in [5.74, 6) is -1.27. The third-order valence-corrected chi connectivity index (χ3v) is 4.80. The third-order valence-electron chi connectivity index (χ3n) is 4.80. The van der Waals surface area contributed by atoms with Crippen LogP contribution >= 0.6 is 0 Å². The van der Waals surface area contributed by atoms with Crippen molar-refractivity contribution in [3.8, 4) is 0 Å². The fourth-order valence-corrected chi connectivity index (χ4v) is 3.31. The van der Waals surface area contributed by atoms with Crippen molar-refractivity contribution in [1.29, 1.82) is 0 Å². The van der Waals surface area contributed by atoms with E-state index in [2.05, 4.69) is 26.8 Å². The molecule has 1 aliphatic heterocycles. The van der Waals surface area contributed by atoms with E-state index in [0.717, 1.165) is 0 Å². The maximum atomic E-state index is 13.3. The number of halogens is 2. The van der Waals surface area contributed by atoms with E-state index >= 15 is 0 Å². The quantitative estimate of drug-likeness (QED) is 0.844. The van der Waals surface area contributed by atoms with Gasteiger partial charge in [-0.05, 0) is 18.9 Å². The molecule has 1 aromatic heterocycles. The number of alkyl halides is 2. The Bertz CT molecular complexity index is 621. The van der Waals surface area contributed by atoms with E-state index in [1.165, 1.54) is 6.08 Å². The third kappa shape index (κ3) is 4.24. The van der Waals surface area contributed by atoms with E-state index in [9.17, 15) is 13.6 Å². The Labute approximate surface area is 145 Å². The molecule has 1 aromatic rings. The minimum Gasteiger partial charge on any atom is -0.364 e. The first kappa shape index (κ1) is 17.6. The minimum atomic E-state index is -2.54. The Morgan fingerprint density at radius 2 is 1.84 bits per heavy atom. The van der Waals surface area contributed by atoms with Crippen molar-refractivity contribution < 1.29 is 13.6 Å². The van der Waals surface area contributed by atoms with Crippen LogP contribution in [0, 0.1) is 0 Å². The molecule has 1 N–H and O–H groups in total. The van der Waals surface area contributed by atoms with Gasteiger partial charge in [0.25, 0.3) is 0 Å². The van der Waals surface area contributed by atoms with E-state index in [-0.39, 0.29) is 24.8 Å². The summed E-state index contributed by atoms with van der Waals surface area (Å²) in [7, 11) is 0. The van der Waals surface area contributed by atoms with Crippen LogP contribution in [0.4, 0.5) is 20.4 Å². The molecule has 0 atom stereocenters. The van der Waals surface area contributed by atoms with Crippen molar-refractivity contribution in [3.63, 3.8) is 0 Å². The number of hydrogen-bond acceptors (Lipinski definition) is 5. The fourth-order valence-electron chi connectivity index (χ4n) is 3.31. The molecule has 1 saturated heterocycles. The topological polar surface area (TPSA) is 61.4 Å². The summed E-state index contributed by atoms with van der Waals surface area (Å²) in [6.45, 7) is 6.00. The summed E-state index contributed by atoms with van der Waals surface area (Å²) in [5, 5.41) is 3.28. The smallest absolute Gasteiger partial charge is 0.248 e. The second-order valence-corrected chi connectivity index (χ2v) is 6.52. The van der Waals surface area contributed by atoms with Crippen molar-refractivity contribution in [3.05, 3.63) is 25.0 Å². The number of carbonyl (C=O) groups is 1. The first-order valence-corrected chi connectivity index (χ1v) is 8.60. The van der Waals surface area contributed by atoms with Crippen LogP contribution in [-0.4, -0.2) is 58.9 Å². The average molecular weight is 351 g/mol. The van der Waals surface area contributed by atoms with Gasteiger partial charge in [0.1, 0.15) is 0 Å². The highest BCUT2D eigenvalue weighted by molar-refractivity contribution is 5.87. The molecule has 3 rings (SSSR count). The molecular formula is C17H23F2N5O. The van der Waals surface area contributed by atoms with Gasteiger partial charge in [-0.25, -0.2) is 18.7 Å². The van der Waals surface area contributed by atoms with E-state index in [1.54, 1.807) is 17.3 Å². The number of nitrogens with zero attached hydrogens (tertiary/aromatic N) is 4. The van der Waals surface area contributed by atoms with Crippen molar-refractivity contribution in [2.45, 2.75) is 37.6 Å². The molecule has 2 fully saturated rings. The first-order valence-electron chi connectivity index (χ1n) is 8.60. The number of carbonyl (C=O) groups excluding carboxylic acids is 1. The number of anilines is 2. The first-order chi connectivity index (χ1) is 12.0. The lowest BCUT2D eigenvalue weighted by Crippen LogP contribution is -2.48. The van der Waals surface area contributed by atoms with Crippen LogP contribution in [0.5, 0.6) is 0 Å². The van der Waals surface area contributed by atoms with Crippen LogP contribution in [0.3, 0.4) is 0 Å². The maximum Gasteiger partial charge on any atom is 0.248 e. The molecular weight excluding hydrogens is 328 g/mol. The zero-order valence-corrected chi connectivity index (χ0v) is 14.1. The minimum absolute atomic E-state index is 0.0151. The number of rotatable bonds is 4. The predicted molar refractivity (Wildman–Crippen MR) is 91.8 cm³/mol. The normalized spacial score (nSPS) is 21.0. The highest BCUT2D eigenvalue weighted by Crippen LogP contribution is 2.35. The summed E-state index contributed by atoms with van der Waals surface area (Å²) in [6.07, 6.45) is 5.20. The molecule has 2 aliphatic rings. The second kappa shape index (κ2) is 7.33. The number of nitrogens with one attached hydrogen (secondary N) is 1. The van der Waals surface area contributed by atoms with E-state index in [1.807, 2.05) is 0 Å². The van der Waals surface area contributed by atoms with Gasteiger partial charge in [-0.3, -0.25) is 4.79 Å². The van der Waals surface area contributed by atoms with Crippen molar-refractivity contribution in [2.75, 3.05) is 36.4 Å². The Morgan fingerprint density at radius 3 is 2.48 bits per heavy atom. The van der Waals surface area contributed by atoms with Crippen molar-refractivity contribution in [1.82, 2.24) is 14.9 Å². The van der Waals surface area contributed by atoms with Crippen LogP contribution in [0.25, 0.3) is 0 Å². The largest absolute Gasteiger partial charge is 0.364 e. The highest BCUT2D eigenvalue weighted by atomic mass is 19.3. The molecule has 0 unspecified atom stereocenters. The van der Waals surface area contributed by atoms with Gasteiger partial charge in [-0.15, -0.1) is 0 Å². The number of aromatic nitrogens is 2. The van der Waals surface area contributed by atoms with E-state index in [0.29, 0.717) is 50.7 Å². The van der Waals surface area contributed by atoms with Gasteiger partial charge in [0.15, 0.2) is 11.6 Å². The summed E-state index contributed by atoms with van der Waals surface area (Å²) < 4.78 is 26.6. The van der Waals surface area contributed by atoms with Gasteiger partial charge in [0, 0.05) is 57.5 Å². The lowest BCUT2D eigenvalue weighted by atomic mass is 9.92. The van der Waals surface area contributed by atoms with E-state index < -0.39 is 5.92 Å². The molecule has 25 heavy (non-hydrogen) atoms. The van der Waals surface area contributed by atoms with Crippen LogP contribution in [0.1, 0.15) is 25.7 Å². The maximum absolute atomic E-state index is 13.3. The monoisotopic (exact) mass is 351 g/mol. The lowest BCUT2D eigenvalue weighted by Gasteiger charge is -2.36. The highest BCUT2D eigenvalue weighted by Gasteiger charge is 2.35. The molecule has 8 heteroatoms. The molecule has 0 spiro atoms. The van der Waals surface area contributed by atoms with Gasteiger partial charge < -0.3 is 15.1 Å². The van der Waals surface area contributed by atoms with E-state index in [4.69, 9.17) is 0 Å². The van der Waals surface area contributed by atoms with Crippen LogP contribution in [-0.2, 0) is 4.79 Å². The molecule has 136 valence electrons. The molecule has 1 amide bonds. The Balaban J connectivity index is 1.64. The summed E-state index contributed by atoms with van der Waals surface area (Å²) in [6, 6.07) is -0.0151. The molecule has 0 aromatic carbocycles. The number of amides is 1. The molecule has 6 nitrogen and oxygen atoms in total. The summed E-state index contributed by atoms with van der Waals surface area (Å²) in [5.41, 5.74) is 0. The SMILES string of the molecule is C=CC(=O)N1CCN(c2nccnc2NC2CCC(F)(F)CC2)CC1. The molecule has 1 saturated carbocycles. The van der Waals surface area contributed by atoms with Crippen molar-refractivity contribution >= 4 is 17.5 Å². The van der Waals surface area contributed by atoms with Gasteiger partial charge in [0.05, 0.1) is 0 Å². The molecule has 0 radical (unpaired) electrons. The Kier molecular flexibility index (Phi) is 5.15. The number of hydrogen-bond donors (Lipinski definition) is 1.